The Balaban J connectivity index is 1.03. The molecule has 0 unspecified atom stereocenters. The molecule has 4 heterocycles. The molecule has 210 valence electrons. The lowest BCUT2D eigenvalue weighted by molar-refractivity contribution is -0.144. The van der Waals surface area contributed by atoms with Gasteiger partial charge in [0.05, 0.1) is 11.1 Å². The van der Waals surface area contributed by atoms with E-state index in [1.807, 2.05) is 18.2 Å². The van der Waals surface area contributed by atoms with Crippen molar-refractivity contribution in [2.75, 3.05) is 37.7 Å². The van der Waals surface area contributed by atoms with Crippen molar-refractivity contribution in [2.45, 2.75) is 58.2 Å². The van der Waals surface area contributed by atoms with Gasteiger partial charge in [-0.15, -0.1) is 11.3 Å². The SMILES string of the molecule is Cc1c(COc2ccccc2-c2csc(N3CC[C@@]4(C(=O)O)C[C@H]4C3)n2)ccc2c1CCN(C1CCOCC1)C2. The number of nitrogens with zero attached hydrogens (tertiary/aromatic N) is 3. The monoisotopic (exact) mass is 559 g/mol. The number of carboxylic acids is 1. The number of thiazole rings is 1. The van der Waals surface area contributed by atoms with E-state index in [9.17, 15) is 9.90 Å². The Morgan fingerprint density at radius 1 is 1.20 bits per heavy atom. The van der Waals surface area contributed by atoms with Gasteiger partial charge in [0.2, 0.25) is 0 Å². The maximum atomic E-state index is 11.7. The van der Waals surface area contributed by atoms with Crippen LogP contribution in [0.4, 0.5) is 5.13 Å². The Labute approximate surface area is 239 Å². The minimum atomic E-state index is -0.630. The second kappa shape index (κ2) is 10.5. The zero-order valence-corrected chi connectivity index (χ0v) is 23.9. The van der Waals surface area contributed by atoms with E-state index in [4.69, 9.17) is 14.5 Å². The second-order valence-electron chi connectivity index (χ2n) is 11.9. The number of fused-ring (bicyclic) bond motifs is 2. The van der Waals surface area contributed by atoms with Crippen LogP contribution in [-0.4, -0.2) is 59.8 Å². The van der Waals surface area contributed by atoms with Gasteiger partial charge < -0.3 is 19.5 Å². The van der Waals surface area contributed by atoms with Crippen LogP contribution in [-0.2, 0) is 29.1 Å². The normalized spacial score (nSPS) is 24.8. The highest BCUT2D eigenvalue weighted by molar-refractivity contribution is 7.14. The summed E-state index contributed by atoms with van der Waals surface area (Å²) in [6.07, 6.45) is 4.88. The highest BCUT2D eigenvalue weighted by Gasteiger charge is 2.62. The Morgan fingerprint density at radius 2 is 2.05 bits per heavy atom. The van der Waals surface area contributed by atoms with Gasteiger partial charge >= 0.3 is 5.97 Å². The van der Waals surface area contributed by atoms with Crippen LogP contribution < -0.4 is 9.64 Å². The molecular weight excluding hydrogens is 522 g/mol. The molecule has 3 fully saturated rings. The quantitative estimate of drug-likeness (QED) is 0.408. The molecule has 1 N–H and O–H groups in total. The second-order valence-corrected chi connectivity index (χ2v) is 12.7. The lowest BCUT2D eigenvalue weighted by Crippen LogP contribution is -2.42. The van der Waals surface area contributed by atoms with E-state index in [1.165, 1.54) is 22.3 Å². The number of rotatable bonds is 7. The van der Waals surface area contributed by atoms with E-state index in [-0.39, 0.29) is 5.92 Å². The van der Waals surface area contributed by atoms with Gasteiger partial charge in [-0.1, -0.05) is 24.3 Å². The molecule has 3 aromatic rings. The number of anilines is 1. The largest absolute Gasteiger partial charge is 0.488 e. The lowest BCUT2D eigenvalue weighted by Gasteiger charge is -2.38. The number of ether oxygens (including phenoxy) is 2. The summed E-state index contributed by atoms with van der Waals surface area (Å²) in [7, 11) is 0. The minimum Gasteiger partial charge on any atom is -0.488 e. The van der Waals surface area contributed by atoms with E-state index in [2.05, 4.69) is 40.3 Å². The smallest absolute Gasteiger partial charge is 0.310 e. The van der Waals surface area contributed by atoms with Crippen molar-refractivity contribution in [3.63, 3.8) is 0 Å². The molecule has 4 aliphatic rings. The van der Waals surface area contributed by atoms with E-state index in [0.29, 0.717) is 19.1 Å². The van der Waals surface area contributed by atoms with Crippen molar-refractivity contribution in [3.8, 4) is 17.0 Å². The van der Waals surface area contributed by atoms with Gasteiger partial charge in [-0.3, -0.25) is 9.69 Å². The van der Waals surface area contributed by atoms with Crippen LogP contribution in [0.5, 0.6) is 5.75 Å². The maximum absolute atomic E-state index is 11.7. The van der Waals surface area contributed by atoms with Gasteiger partial charge in [-0.2, -0.15) is 0 Å². The van der Waals surface area contributed by atoms with Gasteiger partial charge in [0, 0.05) is 56.4 Å². The molecule has 7 nitrogen and oxygen atoms in total. The van der Waals surface area contributed by atoms with Crippen LogP contribution in [0.2, 0.25) is 0 Å². The average Bonchev–Trinajstić information content (AvgIpc) is 3.55. The fourth-order valence-corrected chi connectivity index (χ4v) is 7.95. The summed E-state index contributed by atoms with van der Waals surface area (Å²) in [4.78, 5) is 21.5. The molecule has 7 rings (SSSR count). The summed E-state index contributed by atoms with van der Waals surface area (Å²) in [5.41, 5.74) is 6.99. The summed E-state index contributed by atoms with van der Waals surface area (Å²) in [6.45, 7) is 8.23. The lowest BCUT2D eigenvalue weighted by atomic mass is 9.90. The van der Waals surface area contributed by atoms with Crippen molar-refractivity contribution >= 4 is 22.4 Å². The van der Waals surface area contributed by atoms with Crippen molar-refractivity contribution < 1.29 is 19.4 Å². The van der Waals surface area contributed by atoms with Gasteiger partial charge in [0.1, 0.15) is 12.4 Å². The number of para-hydroxylation sites is 1. The molecule has 1 aliphatic carbocycles. The molecule has 2 aromatic carbocycles. The highest BCUT2D eigenvalue weighted by atomic mass is 32.1. The number of piperidine rings is 1. The molecule has 0 amide bonds. The first-order chi connectivity index (χ1) is 19.5. The molecule has 2 saturated heterocycles. The summed E-state index contributed by atoms with van der Waals surface area (Å²) in [5.74, 6) is 0.452. The van der Waals surface area contributed by atoms with Crippen LogP contribution in [0, 0.1) is 18.3 Å². The van der Waals surface area contributed by atoms with E-state index < -0.39 is 11.4 Å². The fourth-order valence-electron chi connectivity index (χ4n) is 7.08. The minimum absolute atomic E-state index is 0.242. The molecule has 40 heavy (non-hydrogen) atoms. The Hall–Kier alpha value is -2.94. The number of carbonyl (C=O) groups is 1. The first-order valence-electron chi connectivity index (χ1n) is 14.6. The first-order valence-corrected chi connectivity index (χ1v) is 15.5. The van der Waals surface area contributed by atoms with Gasteiger partial charge in [0.25, 0.3) is 0 Å². The standard InChI is InChI=1S/C32H37N3O4S/c1-21-23(7-6-22-17-34(12-8-26(21)22)25-9-14-38-15-10-25)19-39-29-5-3-2-4-27(29)28-20-40-31(33-28)35-13-11-32(30(36)37)16-24(32)18-35/h2-7,20,24-25H,8-19H2,1H3,(H,36,37)/t24-,32+/m0/s1. The zero-order valence-electron chi connectivity index (χ0n) is 23.1. The number of hydrogen-bond acceptors (Lipinski definition) is 7. The van der Waals surface area contributed by atoms with Crippen molar-refractivity contribution in [3.05, 3.63) is 64.0 Å². The Kier molecular flexibility index (Phi) is 6.80. The molecular formula is C32H37N3O4S. The van der Waals surface area contributed by atoms with Crippen LogP contribution in [0.25, 0.3) is 11.3 Å². The number of aromatic nitrogens is 1. The summed E-state index contributed by atoms with van der Waals surface area (Å²) < 4.78 is 12.0. The van der Waals surface area contributed by atoms with Crippen LogP contribution in [0.1, 0.15) is 47.9 Å². The van der Waals surface area contributed by atoms with Gasteiger partial charge in [0.15, 0.2) is 5.13 Å². The van der Waals surface area contributed by atoms with Crippen LogP contribution >= 0.6 is 11.3 Å². The fraction of sp³-hybridized carbons (Fsp3) is 0.500. The molecule has 0 bridgehead atoms. The van der Waals surface area contributed by atoms with E-state index >= 15 is 0 Å². The van der Waals surface area contributed by atoms with E-state index in [0.717, 1.165) is 87.2 Å². The Morgan fingerprint density at radius 3 is 2.88 bits per heavy atom. The average molecular weight is 560 g/mol. The summed E-state index contributed by atoms with van der Waals surface area (Å²) in [5, 5.41) is 12.7. The molecule has 0 radical (unpaired) electrons. The third-order valence-electron chi connectivity index (χ3n) is 9.77. The molecule has 1 aromatic heterocycles. The van der Waals surface area contributed by atoms with Crippen LogP contribution in [0.15, 0.2) is 41.8 Å². The number of hydrogen-bond donors (Lipinski definition) is 1. The molecule has 8 heteroatoms. The third kappa shape index (κ3) is 4.70. The maximum Gasteiger partial charge on any atom is 0.310 e. The predicted molar refractivity (Wildman–Crippen MR) is 156 cm³/mol. The summed E-state index contributed by atoms with van der Waals surface area (Å²) in [6, 6.07) is 13.3. The number of benzene rings is 2. The van der Waals surface area contributed by atoms with E-state index in [1.54, 1.807) is 11.3 Å². The van der Waals surface area contributed by atoms with Gasteiger partial charge in [-0.05, 0) is 79.3 Å². The number of aliphatic carboxylic acids is 1. The third-order valence-corrected chi connectivity index (χ3v) is 10.7. The molecule has 0 spiro atoms. The molecule has 2 atom stereocenters. The van der Waals surface area contributed by atoms with Crippen molar-refractivity contribution in [1.29, 1.82) is 0 Å². The first kappa shape index (κ1) is 26.0. The van der Waals surface area contributed by atoms with Crippen molar-refractivity contribution in [2.24, 2.45) is 11.3 Å². The summed E-state index contributed by atoms with van der Waals surface area (Å²) >= 11 is 1.63. The van der Waals surface area contributed by atoms with Crippen LogP contribution in [0.3, 0.4) is 0 Å². The molecule has 3 aliphatic heterocycles. The number of carboxylic acid groups (broad SMARTS) is 1. The predicted octanol–water partition coefficient (Wildman–Crippen LogP) is 5.54. The topological polar surface area (TPSA) is 75.1 Å². The molecule has 1 saturated carbocycles. The Bertz CT molecular complexity index is 1420. The zero-order chi connectivity index (χ0) is 27.3. The van der Waals surface area contributed by atoms with Gasteiger partial charge in [-0.25, -0.2) is 4.98 Å². The van der Waals surface area contributed by atoms with Crippen molar-refractivity contribution in [1.82, 2.24) is 9.88 Å². The highest BCUT2D eigenvalue weighted by Crippen LogP contribution is 2.58.